The van der Waals surface area contributed by atoms with E-state index >= 15 is 0 Å². The van der Waals surface area contributed by atoms with Crippen LogP contribution < -0.4 is 0 Å². The zero-order chi connectivity index (χ0) is 28.8. The highest BCUT2D eigenvalue weighted by molar-refractivity contribution is 7.99. The quantitative estimate of drug-likeness (QED) is 0.198. The lowest BCUT2D eigenvalue weighted by Crippen LogP contribution is -1.95. The molecular formula is C42H25NS. The fourth-order valence-electron chi connectivity index (χ4n) is 7.36. The van der Waals surface area contributed by atoms with Gasteiger partial charge in [0.1, 0.15) is 0 Å². The molecule has 8 aromatic carbocycles. The van der Waals surface area contributed by atoms with Gasteiger partial charge < -0.3 is 4.57 Å². The number of fused-ring (bicyclic) bond motifs is 9. The largest absolute Gasteiger partial charge is 0.309 e. The van der Waals surface area contributed by atoms with Crippen LogP contribution in [0.25, 0.3) is 82.1 Å². The first-order valence-corrected chi connectivity index (χ1v) is 15.9. The van der Waals surface area contributed by atoms with Gasteiger partial charge in [0.25, 0.3) is 0 Å². The van der Waals surface area contributed by atoms with Gasteiger partial charge in [-0.15, -0.1) is 0 Å². The van der Waals surface area contributed by atoms with Crippen LogP contribution in [0.15, 0.2) is 161 Å². The fourth-order valence-corrected chi connectivity index (χ4v) is 8.49. The van der Waals surface area contributed by atoms with Crippen molar-refractivity contribution in [1.29, 1.82) is 0 Å². The molecule has 2 heteroatoms. The van der Waals surface area contributed by atoms with Crippen molar-refractivity contribution in [2.45, 2.75) is 9.79 Å². The Bertz CT molecular complexity index is 2620. The van der Waals surface area contributed by atoms with Gasteiger partial charge in [-0.25, -0.2) is 0 Å². The van der Waals surface area contributed by atoms with Crippen molar-refractivity contribution in [3.8, 4) is 27.9 Å². The summed E-state index contributed by atoms with van der Waals surface area (Å²) in [5, 5.41) is 10.4. The lowest BCUT2D eigenvalue weighted by molar-refractivity contribution is 1.19. The number of rotatable bonds is 2. The molecule has 0 fully saturated rings. The molecule has 1 aromatic heterocycles. The first-order valence-electron chi connectivity index (χ1n) is 15.1. The Balaban J connectivity index is 1.17. The van der Waals surface area contributed by atoms with E-state index in [-0.39, 0.29) is 0 Å². The SMILES string of the molecule is c1cc2c3c(cccc3c1)-c1cc(-c3ccc(-n4c5ccc6ccccc6c5c5ccc6ccccc6c54)cc3)ccc1S2. The maximum absolute atomic E-state index is 2.46. The van der Waals surface area contributed by atoms with Gasteiger partial charge in [-0.3, -0.25) is 0 Å². The topological polar surface area (TPSA) is 4.93 Å². The van der Waals surface area contributed by atoms with Crippen molar-refractivity contribution in [2.75, 3.05) is 0 Å². The normalized spacial score (nSPS) is 12.5. The highest BCUT2D eigenvalue weighted by atomic mass is 32.2. The third kappa shape index (κ3) is 3.37. The van der Waals surface area contributed by atoms with Crippen LogP contribution in [-0.2, 0) is 0 Å². The maximum atomic E-state index is 2.46. The smallest absolute Gasteiger partial charge is 0.0619 e. The molecule has 0 amide bonds. The molecule has 0 aliphatic carbocycles. The second-order valence-corrected chi connectivity index (χ2v) is 12.8. The standard InChI is InChI=1S/C42H25NS/c1-3-11-32-27(7-1)18-23-37-41(32)35-22-17-28-8-2-4-12-33(28)42(35)43(37)31-20-15-26(16-21-31)30-19-24-38-36(25-30)34-13-5-9-29-10-6-14-39(44-38)40(29)34/h1-25H. The van der Waals surface area contributed by atoms with Crippen LogP contribution in [0.4, 0.5) is 0 Å². The summed E-state index contributed by atoms with van der Waals surface area (Å²) in [6.45, 7) is 0. The molecule has 0 saturated heterocycles. The molecule has 44 heavy (non-hydrogen) atoms. The molecule has 1 aliphatic heterocycles. The molecule has 0 atom stereocenters. The van der Waals surface area contributed by atoms with Gasteiger partial charge in [-0.1, -0.05) is 127 Å². The number of benzene rings is 8. The average molecular weight is 576 g/mol. The van der Waals surface area contributed by atoms with Gasteiger partial charge in [0.05, 0.1) is 11.0 Å². The summed E-state index contributed by atoms with van der Waals surface area (Å²) in [6.07, 6.45) is 0. The van der Waals surface area contributed by atoms with Crippen LogP contribution in [0.2, 0.25) is 0 Å². The molecule has 0 bridgehead atoms. The number of aromatic nitrogens is 1. The van der Waals surface area contributed by atoms with Gasteiger partial charge in [-0.2, -0.15) is 0 Å². The molecule has 9 aromatic rings. The summed E-state index contributed by atoms with van der Waals surface area (Å²) in [5.41, 5.74) is 8.79. The second kappa shape index (κ2) is 9.09. The summed E-state index contributed by atoms with van der Waals surface area (Å²) in [4.78, 5) is 2.66. The van der Waals surface area contributed by atoms with Crippen LogP contribution in [-0.4, -0.2) is 4.57 Å². The van der Waals surface area contributed by atoms with Gasteiger partial charge in [0, 0.05) is 37.0 Å². The van der Waals surface area contributed by atoms with E-state index < -0.39 is 0 Å². The third-order valence-electron chi connectivity index (χ3n) is 9.36. The van der Waals surface area contributed by atoms with Crippen molar-refractivity contribution in [3.63, 3.8) is 0 Å². The van der Waals surface area contributed by atoms with Crippen molar-refractivity contribution < 1.29 is 0 Å². The summed E-state index contributed by atoms with van der Waals surface area (Å²) >= 11 is 1.88. The van der Waals surface area contributed by atoms with E-state index in [1.54, 1.807) is 0 Å². The monoisotopic (exact) mass is 575 g/mol. The average Bonchev–Trinajstić information content (AvgIpc) is 3.44. The van der Waals surface area contributed by atoms with E-state index in [9.17, 15) is 0 Å². The third-order valence-corrected chi connectivity index (χ3v) is 10.5. The van der Waals surface area contributed by atoms with Crippen LogP contribution in [0.3, 0.4) is 0 Å². The van der Waals surface area contributed by atoms with Crippen molar-refractivity contribution in [1.82, 2.24) is 4.57 Å². The van der Waals surface area contributed by atoms with E-state index in [0.717, 1.165) is 0 Å². The highest BCUT2D eigenvalue weighted by Gasteiger charge is 2.20. The van der Waals surface area contributed by atoms with E-state index in [4.69, 9.17) is 0 Å². The van der Waals surface area contributed by atoms with Gasteiger partial charge >= 0.3 is 0 Å². The molecule has 204 valence electrons. The van der Waals surface area contributed by atoms with Crippen LogP contribution in [0.5, 0.6) is 0 Å². The van der Waals surface area contributed by atoms with Crippen LogP contribution in [0.1, 0.15) is 0 Å². The minimum Gasteiger partial charge on any atom is -0.309 e. The molecule has 1 aliphatic rings. The Morgan fingerprint density at radius 1 is 0.409 bits per heavy atom. The van der Waals surface area contributed by atoms with E-state index in [1.165, 1.54) is 91.9 Å². The van der Waals surface area contributed by atoms with Crippen molar-refractivity contribution in [3.05, 3.63) is 152 Å². The zero-order valence-corrected chi connectivity index (χ0v) is 24.6. The molecule has 0 unspecified atom stereocenters. The Hall–Kier alpha value is -5.31. The Kier molecular flexibility index (Phi) is 5.00. The predicted molar refractivity (Wildman–Crippen MR) is 188 cm³/mol. The van der Waals surface area contributed by atoms with Gasteiger partial charge in [-0.05, 0) is 80.2 Å². The summed E-state index contributed by atoms with van der Waals surface area (Å²) in [7, 11) is 0. The molecule has 0 N–H and O–H groups in total. The van der Waals surface area contributed by atoms with E-state index in [0.29, 0.717) is 0 Å². The second-order valence-electron chi connectivity index (χ2n) is 11.7. The highest BCUT2D eigenvalue weighted by Crippen LogP contribution is 2.49. The van der Waals surface area contributed by atoms with Crippen LogP contribution >= 0.6 is 11.8 Å². The molecule has 0 saturated carbocycles. The minimum atomic E-state index is 1.17. The van der Waals surface area contributed by atoms with Crippen LogP contribution in [0, 0.1) is 0 Å². The van der Waals surface area contributed by atoms with Gasteiger partial charge in [0.15, 0.2) is 0 Å². The van der Waals surface area contributed by atoms with E-state index in [1.807, 2.05) is 11.8 Å². The Morgan fingerprint density at radius 2 is 1.11 bits per heavy atom. The molecule has 10 rings (SSSR count). The number of hydrogen-bond donors (Lipinski definition) is 0. The molecule has 1 nitrogen and oxygen atoms in total. The number of hydrogen-bond acceptors (Lipinski definition) is 1. The summed E-state index contributed by atoms with van der Waals surface area (Å²) in [5.74, 6) is 0. The zero-order valence-electron chi connectivity index (χ0n) is 23.8. The fraction of sp³-hybridized carbons (Fsp3) is 0. The van der Waals surface area contributed by atoms with Crippen molar-refractivity contribution >= 4 is 65.9 Å². The number of nitrogens with zero attached hydrogens (tertiary/aromatic N) is 1. The van der Waals surface area contributed by atoms with Gasteiger partial charge in [0.2, 0.25) is 0 Å². The molecular weight excluding hydrogens is 551 g/mol. The first kappa shape index (κ1) is 24.2. The molecule has 2 heterocycles. The Morgan fingerprint density at radius 3 is 1.98 bits per heavy atom. The summed E-state index contributed by atoms with van der Waals surface area (Å²) < 4.78 is 2.46. The lowest BCUT2D eigenvalue weighted by Gasteiger charge is -2.21. The predicted octanol–water partition coefficient (Wildman–Crippen LogP) is 12.0. The molecule has 0 radical (unpaired) electrons. The Labute approximate surface area is 259 Å². The van der Waals surface area contributed by atoms with Crippen molar-refractivity contribution in [2.24, 2.45) is 0 Å². The molecule has 0 spiro atoms. The maximum Gasteiger partial charge on any atom is 0.0619 e. The minimum absolute atomic E-state index is 1.17. The first-order chi connectivity index (χ1) is 21.8. The van der Waals surface area contributed by atoms with E-state index in [2.05, 4.69) is 156 Å². The summed E-state index contributed by atoms with van der Waals surface area (Å²) in [6, 6.07) is 56.0. The lowest BCUT2D eigenvalue weighted by atomic mass is 9.94.